The molecule has 436 valence electrons. The summed E-state index contributed by atoms with van der Waals surface area (Å²) in [6, 6.07) is 132. The molecule has 1 heterocycles. The Bertz CT molecular complexity index is 5590. The van der Waals surface area contributed by atoms with E-state index >= 15 is 0 Å². The average Bonchev–Trinajstić information content (AvgIpc) is 1.39. The Morgan fingerprint density at radius 2 is 0.613 bits per heavy atom. The number of hydrogen-bond acceptors (Lipinski definition) is 3. The van der Waals surface area contributed by atoms with Crippen molar-refractivity contribution in [3.8, 4) is 77.9 Å². The molecule has 3 heteroatoms. The van der Waals surface area contributed by atoms with Gasteiger partial charge in [-0.25, -0.2) is 0 Å². The average molecular weight is 1190 g/mol. The molecule has 0 amide bonds. The van der Waals surface area contributed by atoms with E-state index in [1.807, 2.05) is 6.07 Å². The molecule has 93 heavy (non-hydrogen) atoms. The first-order chi connectivity index (χ1) is 46.1. The highest BCUT2D eigenvalue weighted by Crippen LogP contribution is 2.47. The molecule has 0 N–H and O–H groups in total. The predicted octanol–water partition coefficient (Wildman–Crippen LogP) is 25.7. The van der Waals surface area contributed by atoms with Gasteiger partial charge in [-0.2, -0.15) is 0 Å². The van der Waals surface area contributed by atoms with Crippen molar-refractivity contribution in [3.63, 3.8) is 0 Å². The number of benzene rings is 16. The van der Waals surface area contributed by atoms with Gasteiger partial charge in [-0.3, -0.25) is 0 Å². The molecular formula is C90H60N2O. The summed E-state index contributed by atoms with van der Waals surface area (Å²) in [5.41, 5.74) is 24.2. The highest BCUT2D eigenvalue weighted by molar-refractivity contribution is 6.16. The largest absolute Gasteiger partial charge is 0.455 e. The van der Waals surface area contributed by atoms with Crippen LogP contribution in [0.3, 0.4) is 0 Å². The highest BCUT2D eigenvalue weighted by atomic mass is 16.3. The molecule has 17 aromatic rings. The maximum absolute atomic E-state index is 6.73. The molecule has 17 rings (SSSR count). The third-order valence-corrected chi connectivity index (χ3v) is 18.5. The first kappa shape index (κ1) is 54.8. The molecule has 0 saturated carbocycles. The lowest BCUT2D eigenvalue weighted by Crippen LogP contribution is -2.12. The van der Waals surface area contributed by atoms with E-state index in [2.05, 4.69) is 368 Å². The molecule has 0 aliphatic heterocycles. The topological polar surface area (TPSA) is 19.6 Å². The van der Waals surface area contributed by atoms with E-state index in [-0.39, 0.29) is 0 Å². The van der Waals surface area contributed by atoms with Crippen LogP contribution >= 0.6 is 0 Å². The summed E-state index contributed by atoms with van der Waals surface area (Å²) in [4.78, 5) is 4.81. The van der Waals surface area contributed by atoms with Crippen LogP contribution in [0.5, 0.6) is 0 Å². The zero-order chi connectivity index (χ0) is 61.6. The molecular weight excluding hydrogens is 1130 g/mol. The van der Waals surface area contributed by atoms with Gasteiger partial charge in [0.1, 0.15) is 11.2 Å². The zero-order valence-electron chi connectivity index (χ0n) is 50.9. The van der Waals surface area contributed by atoms with E-state index in [1.54, 1.807) is 0 Å². The Morgan fingerprint density at radius 3 is 1.27 bits per heavy atom. The summed E-state index contributed by atoms with van der Waals surface area (Å²) in [6.07, 6.45) is 0. The van der Waals surface area contributed by atoms with Gasteiger partial charge in [-0.1, -0.05) is 279 Å². The van der Waals surface area contributed by atoms with Crippen molar-refractivity contribution in [1.82, 2.24) is 0 Å². The standard InChI is InChI=1S/C90H60N2O/c1-3-20-63(21-4-1)79-55-56-80(85-32-12-11-31-84(79)85)67-43-53-75(54-44-67)92(74-51-41-66(42-52-74)78-34-18-26-64-24-9-10-29-77(64)78)87-35-15-13-30-81(87)71-27-17-28-76(60-71)91(72-47-39-62(40-48-72)70-38-37-61-19-7-8-25-69(61)59-70)73-49-45-68(46-50-73)82-57-58-83(65-22-5-2-6-23-65)90-89(82)86-33-14-16-36-88(86)93-90/h1-60H. The minimum atomic E-state index is 0.874. The molecule has 0 aliphatic rings. The summed E-state index contributed by atoms with van der Waals surface area (Å²) in [7, 11) is 0. The maximum atomic E-state index is 6.73. The van der Waals surface area contributed by atoms with Crippen LogP contribution in [-0.2, 0) is 0 Å². The predicted molar refractivity (Wildman–Crippen MR) is 394 cm³/mol. The Kier molecular flexibility index (Phi) is 13.9. The van der Waals surface area contributed by atoms with Crippen molar-refractivity contribution in [1.29, 1.82) is 0 Å². The number of para-hydroxylation sites is 2. The molecule has 0 saturated heterocycles. The molecule has 0 radical (unpaired) electrons. The van der Waals surface area contributed by atoms with E-state index in [1.165, 1.54) is 65.7 Å². The number of furan rings is 1. The second-order valence-corrected chi connectivity index (χ2v) is 23.9. The van der Waals surface area contributed by atoms with Gasteiger partial charge in [0.25, 0.3) is 0 Å². The van der Waals surface area contributed by atoms with E-state index in [0.29, 0.717) is 0 Å². The zero-order valence-corrected chi connectivity index (χ0v) is 50.9. The van der Waals surface area contributed by atoms with E-state index in [9.17, 15) is 0 Å². The van der Waals surface area contributed by atoms with Crippen molar-refractivity contribution in [3.05, 3.63) is 364 Å². The molecule has 0 fully saturated rings. The maximum Gasteiger partial charge on any atom is 0.143 e. The van der Waals surface area contributed by atoms with Crippen molar-refractivity contribution in [2.24, 2.45) is 0 Å². The van der Waals surface area contributed by atoms with Crippen molar-refractivity contribution >= 4 is 88.4 Å². The normalized spacial score (nSPS) is 11.4. The van der Waals surface area contributed by atoms with Gasteiger partial charge in [-0.15, -0.1) is 0 Å². The summed E-state index contributed by atoms with van der Waals surface area (Å²) < 4.78 is 6.73. The third-order valence-electron chi connectivity index (χ3n) is 18.5. The van der Waals surface area contributed by atoms with E-state index in [0.717, 1.165) is 101 Å². The summed E-state index contributed by atoms with van der Waals surface area (Å²) in [5, 5.41) is 9.58. The Labute approximate surface area is 541 Å². The quantitative estimate of drug-likeness (QED) is 0.115. The van der Waals surface area contributed by atoms with Gasteiger partial charge in [0.05, 0.1) is 5.69 Å². The van der Waals surface area contributed by atoms with Crippen LogP contribution in [0.15, 0.2) is 368 Å². The number of nitrogens with zero attached hydrogens (tertiary/aromatic N) is 2. The third kappa shape index (κ3) is 10.2. The lowest BCUT2D eigenvalue weighted by atomic mass is 9.92. The molecule has 0 unspecified atom stereocenters. The summed E-state index contributed by atoms with van der Waals surface area (Å²) >= 11 is 0. The molecule has 0 spiro atoms. The second kappa shape index (κ2) is 23.6. The Balaban J connectivity index is 0.784. The molecule has 0 bridgehead atoms. The van der Waals surface area contributed by atoms with Gasteiger partial charge in [0.2, 0.25) is 0 Å². The van der Waals surface area contributed by atoms with Gasteiger partial charge in [0.15, 0.2) is 0 Å². The smallest absolute Gasteiger partial charge is 0.143 e. The minimum absolute atomic E-state index is 0.874. The van der Waals surface area contributed by atoms with Gasteiger partial charge in [0, 0.05) is 50.3 Å². The number of rotatable bonds is 13. The van der Waals surface area contributed by atoms with Crippen molar-refractivity contribution in [2.45, 2.75) is 0 Å². The fourth-order valence-corrected chi connectivity index (χ4v) is 14.0. The lowest BCUT2D eigenvalue weighted by molar-refractivity contribution is 0.670. The van der Waals surface area contributed by atoms with Crippen LogP contribution < -0.4 is 9.80 Å². The van der Waals surface area contributed by atoms with Gasteiger partial charge < -0.3 is 14.2 Å². The molecule has 1 aromatic heterocycles. The lowest BCUT2D eigenvalue weighted by Gasteiger charge is -2.29. The Hall–Kier alpha value is -12.3. The summed E-state index contributed by atoms with van der Waals surface area (Å²) in [6.45, 7) is 0. The monoisotopic (exact) mass is 1180 g/mol. The van der Waals surface area contributed by atoms with Crippen LogP contribution in [0, 0.1) is 0 Å². The Morgan fingerprint density at radius 1 is 0.194 bits per heavy atom. The van der Waals surface area contributed by atoms with Gasteiger partial charge in [-0.05, 0) is 184 Å². The molecule has 3 nitrogen and oxygen atoms in total. The van der Waals surface area contributed by atoms with Gasteiger partial charge >= 0.3 is 0 Å². The summed E-state index contributed by atoms with van der Waals surface area (Å²) in [5.74, 6) is 0. The number of fused-ring (bicyclic) bond motifs is 6. The van der Waals surface area contributed by atoms with E-state index in [4.69, 9.17) is 4.42 Å². The first-order valence-electron chi connectivity index (χ1n) is 31.9. The molecule has 16 aromatic carbocycles. The molecule has 0 aliphatic carbocycles. The van der Waals surface area contributed by atoms with Crippen LogP contribution in [-0.4, -0.2) is 0 Å². The van der Waals surface area contributed by atoms with E-state index < -0.39 is 0 Å². The first-order valence-corrected chi connectivity index (χ1v) is 31.9. The van der Waals surface area contributed by atoms with Crippen molar-refractivity contribution < 1.29 is 4.42 Å². The van der Waals surface area contributed by atoms with Crippen LogP contribution in [0.2, 0.25) is 0 Å². The van der Waals surface area contributed by atoms with Crippen LogP contribution in [0.4, 0.5) is 34.1 Å². The highest BCUT2D eigenvalue weighted by Gasteiger charge is 2.23. The van der Waals surface area contributed by atoms with Crippen molar-refractivity contribution in [2.75, 3.05) is 9.80 Å². The SMILES string of the molecule is c1ccc(-c2ccc(-c3ccc(N(c4ccc(-c5cccc6ccccc56)cc4)c4ccccc4-c4cccc(N(c5ccc(-c6ccc7ccccc7c6)cc5)c5ccc(-c6ccc(-c7ccccc7)c7oc8ccccc8c67)cc5)c4)cc3)c3ccccc23)cc1. The number of anilines is 6. The number of hydrogen-bond donors (Lipinski definition) is 0. The minimum Gasteiger partial charge on any atom is -0.455 e. The van der Waals surface area contributed by atoms with Crippen LogP contribution in [0.1, 0.15) is 0 Å². The fraction of sp³-hybridized carbons (Fsp3) is 0. The molecule has 0 atom stereocenters. The second-order valence-electron chi connectivity index (χ2n) is 23.9. The fourth-order valence-electron chi connectivity index (χ4n) is 14.0. The van der Waals surface area contributed by atoms with Crippen LogP contribution in [0.25, 0.3) is 132 Å².